The Morgan fingerprint density at radius 3 is 2.67 bits per heavy atom. The number of nitrogens with one attached hydrogen (secondary N) is 1. The van der Waals surface area contributed by atoms with E-state index in [1.165, 1.54) is 24.3 Å². The highest BCUT2D eigenvalue weighted by atomic mass is 19.1. The molecule has 0 aliphatic heterocycles. The smallest absolute Gasteiger partial charge is 0.331 e. The first-order valence-corrected chi connectivity index (χ1v) is 6.94. The number of halogens is 1. The Labute approximate surface area is 123 Å². The van der Waals surface area contributed by atoms with Gasteiger partial charge in [0.2, 0.25) is 0 Å². The zero-order valence-electron chi connectivity index (χ0n) is 11.8. The number of hydrogen-bond donors (Lipinski definition) is 1. The molecule has 1 aromatic rings. The lowest BCUT2D eigenvalue weighted by Gasteiger charge is -2.12. The molecule has 5 heteroatoms. The van der Waals surface area contributed by atoms with E-state index in [4.69, 9.17) is 4.74 Å². The summed E-state index contributed by atoms with van der Waals surface area (Å²) in [6.45, 7) is 1.66. The highest BCUT2D eigenvalue weighted by Gasteiger charge is 2.28. The fourth-order valence-electron chi connectivity index (χ4n) is 1.93. The topological polar surface area (TPSA) is 55.4 Å². The van der Waals surface area contributed by atoms with E-state index in [1.807, 2.05) is 6.92 Å². The maximum Gasteiger partial charge on any atom is 0.331 e. The van der Waals surface area contributed by atoms with Gasteiger partial charge in [0, 0.05) is 12.1 Å². The van der Waals surface area contributed by atoms with Gasteiger partial charge in [-0.3, -0.25) is 4.79 Å². The van der Waals surface area contributed by atoms with Crippen molar-refractivity contribution in [3.05, 3.63) is 41.7 Å². The van der Waals surface area contributed by atoms with Crippen LogP contribution in [-0.2, 0) is 14.3 Å². The minimum Gasteiger partial charge on any atom is -0.452 e. The van der Waals surface area contributed by atoms with Crippen LogP contribution < -0.4 is 5.32 Å². The lowest BCUT2D eigenvalue weighted by atomic mass is 10.2. The zero-order chi connectivity index (χ0) is 15.2. The molecule has 0 unspecified atom stereocenters. The van der Waals surface area contributed by atoms with E-state index in [-0.39, 0.29) is 24.4 Å². The number of carbonyl (C=O) groups excluding carboxylic acids is 2. The summed E-state index contributed by atoms with van der Waals surface area (Å²) in [5.74, 6) is -0.675. The van der Waals surface area contributed by atoms with Crippen LogP contribution in [0, 0.1) is 11.7 Å². The van der Waals surface area contributed by atoms with Gasteiger partial charge in [-0.15, -0.1) is 0 Å². The number of ether oxygens (including phenoxy) is 1. The molecule has 1 fully saturated rings. The molecule has 0 heterocycles. The van der Waals surface area contributed by atoms with E-state index in [9.17, 15) is 14.0 Å². The third-order valence-electron chi connectivity index (χ3n) is 3.35. The van der Waals surface area contributed by atoms with E-state index in [1.54, 1.807) is 12.1 Å². The van der Waals surface area contributed by atoms with Gasteiger partial charge in [-0.1, -0.05) is 12.1 Å². The molecule has 1 aromatic carbocycles. The van der Waals surface area contributed by atoms with Gasteiger partial charge in [0.25, 0.3) is 5.91 Å². The maximum atomic E-state index is 12.7. The molecular weight excluding hydrogens is 273 g/mol. The average molecular weight is 291 g/mol. The molecule has 112 valence electrons. The first kappa shape index (κ1) is 15.2. The van der Waals surface area contributed by atoms with Crippen molar-refractivity contribution in [2.75, 3.05) is 6.61 Å². The van der Waals surface area contributed by atoms with E-state index >= 15 is 0 Å². The predicted molar refractivity (Wildman–Crippen MR) is 76.7 cm³/mol. The summed E-state index contributed by atoms with van der Waals surface area (Å²) in [4.78, 5) is 23.0. The lowest BCUT2D eigenvalue weighted by molar-refractivity contribution is -0.144. The largest absolute Gasteiger partial charge is 0.452 e. The Bertz CT molecular complexity index is 535. The Morgan fingerprint density at radius 1 is 1.38 bits per heavy atom. The molecule has 21 heavy (non-hydrogen) atoms. The summed E-state index contributed by atoms with van der Waals surface area (Å²) in [7, 11) is 0. The van der Waals surface area contributed by atoms with Crippen LogP contribution in [0.4, 0.5) is 4.39 Å². The predicted octanol–water partition coefficient (Wildman–Crippen LogP) is 2.30. The quantitative estimate of drug-likeness (QED) is 0.646. The van der Waals surface area contributed by atoms with Crippen molar-refractivity contribution in [2.45, 2.75) is 25.8 Å². The Kier molecular flexibility index (Phi) is 5.09. The molecule has 0 spiro atoms. The van der Waals surface area contributed by atoms with Crippen LogP contribution in [0.5, 0.6) is 0 Å². The number of hydrogen-bond acceptors (Lipinski definition) is 3. The zero-order valence-corrected chi connectivity index (χ0v) is 11.8. The summed E-state index contributed by atoms with van der Waals surface area (Å²) in [5.41, 5.74) is 0.681. The molecule has 2 rings (SSSR count). The Balaban J connectivity index is 1.71. The van der Waals surface area contributed by atoms with Crippen LogP contribution in [0.3, 0.4) is 0 Å². The van der Waals surface area contributed by atoms with Gasteiger partial charge in [-0.25, -0.2) is 9.18 Å². The van der Waals surface area contributed by atoms with Crippen LogP contribution in [-0.4, -0.2) is 24.5 Å². The number of rotatable bonds is 6. The molecule has 1 saturated carbocycles. The van der Waals surface area contributed by atoms with E-state index in [0.717, 1.165) is 12.8 Å². The molecule has 0 radical (unpaired) electrons. The average Bonchev–Trinajstić information content (AvgIpc) is 3.29. The summed E-state index contributed by atoms with van der Waals surface area (Å²) < 4.78 is 17.5. The number of carbonyl (C=O) groups is 2. The van der Waals surface area contributed by atoms with E-state index < -0.39 is 5.97 Å². The fraction of sp³-hybridized carbons (Fsp3) is 0.375. The van der Waals surface area contributed by atoms with Crippen LogP contribution in [0.2, 0.25) is 0 Å². The number of benzene rings is 1. The molecule has 4 nitrogen and oxygen atoms in total. The fourth-order valence-corrected chi connectivity index (χ4v) is 1.93. The van der Waals surface area contributed by atoms with Crippen molar-refractivity contribution >= 4 is 18.0 Å². The van der Waals surface area contributed by atoms with Gasteiger partial charge in [-0.05, 0) is 49.5 Å². The number of esters is 1. The van der Waals surface area contributed by atoms with E-state index in [2.05, 4.69) is 5.32 Å². The van der Waals surface area contributed by atoms with Crippen molar-refractivity contribution in [1.29, 1.82) is 0 Å². The number of amides is 1. The van der Waals surface area contributed by atoms with Crippen LogP contribution in [0.25, 0.3) is 6.08 Å². The Hall–Kier alpha value is -2.17. The van der Waals surface area contributed by atoms with Crippen molar-refractivity contribution in [2.24, 2.45) is 5.92 Å². The molecule has 1 aliphatic carbocycles. The van der Waals surface area contributed by atoms with Gasteiger partial charge < -0.3 is 10.1 Å². The third-order valence-corrected chi connectivity index (χ3v) is 3.35. The van der Waals surface area contributed by atoms with Crippen LogP contribution in [0.1, 0.15) is 25.3 Å². The Morgan fingerprint density at radius 2 is 2.05 bits per heavy atom. The summed E-state index contributed by atoms with van der Waals surface area (Å²) in [6, 6.07) is 5.83. The van der Waals surface area contributed by atoms with Crippen LogP contribution >= 0.6 is 0 Å². The third kappa shape index (κ3) is 5.38. The molecule has 1 aliphatic rings. The molecule has 0 bridgehead atoms. The van der Waals surface area contributed by atoms with Gasteiger partial charge in [0.15, 0.2) is 6.61 Å². The van der Waals surface area contributed by atoms with Gasteiger partial charge >= 0.3 is 5.97 Å². The molecule has 1 N–H and O–H groups in total. The maximum absolute atomic E-state index is 12.7. The van der Waals surface area contributed by atoms with Crippen molar-refractivity contribution < 1.29 is 18.7 Å². The second kappa shape index (κ2) is 7.02. The van der Waals surface area contributed by atoms with Crippen LogP contribution in [0.15, 0.2) is 30.3 Å². The highest BCUT2D eigenvalue weighted by Crippen LogP contribution is 2.32. The minimum atomic E-state index is -0.603. The molecular formula is C16H18FNO3. The standard InChI is InChI=1S/C16H18FNO3/c1-11(13-5-6-13)18-15(19)10-21-16(20)9-4-12-2-7-14(17)8-3-12/h2-4,7-9,11,13H,5-6,10H2,1H3,(H,18,19)/b9-4+/t11-/m0/s1. The molecule has 1 atom stereocenters. The van der Waals surface area contributed by atoms with Gasteiger partial charge in [0.05, 0.1) is 0 Å². The normalized spacial score (nSPS) is 15.7. The summed E-state index contributed by atoms with van der Waals surface area (Å²) in [6.07, 6.45) is 5.00. The van der Waals surface area contributed by atoms with Crippen molar-refractivity contribution in [3.8, 4) is 0 Å². The van der Waals surface area contributed by atoms with Crippen molar-refractivity contribution in [1.82, 2.24) is 5.32 Å². The minimum absolute atomic E-state index is 0.131. The first-order valence-electron chi connectivity index (χ1n) is 6.94. The molecule has 0 saturated heterocycles. The highest BCUT2D eigenvalue weighted by molar-refractivity contribution is 5.89. The first-order chi connectivity index (χ1) is 10.0. The summed E-state index contributed by atoms with van der Waals surface area (Å²) >= 11 is 0. The van der Waals surface area contributed by atoms with Crippen molar-refractivity contribution in [3.63, 3.8) is 0 Å². The molecule has 1 amide bonds. The second-order valence-electron chi connectivity index (χ2n) is 5.19. The van der Waals surface area contributed by atoms with Gasteiger partial charge in [0.1, 0.15) is 5.82 Å². The molecule has 0 aromatic heterocycles. The summed E-state index contributed by atoms with van der Waals surface area (Å²) in [5, 5.41) is 2.80. The van der Waals surface area contributed by atoms with E-state index in [0.29, 0.717) is 11.5 Å². The second-order valence-corrected chi connectivity index (χ2v) is 5.19. The SMILES string of the molecule is C[C@H](NC(=O)COC(=O)/C=C/c1ccc(F)cc1)C1CC1. The lowest BCUT2D eigenvalue weighted by Crippen LogP contribution is -2.36. The van der Waals surface area contributed by atoms with Gasteiger partial charge in [-0.2, -0.15) is 0 Å². The monoisotopic (exact) mass is 291 g/mol.